The third-order valence-corrected chi connectivity index (χ3v) is 5.37. The Morgan fingerprint density at radius 3 is 2.12 bits per heavy atom. The first-order chi connectivity index (χ1) is 16.1. The van der Waals surface area contributed by atoms with E-state index in [4.69, 9.17) is 4.42 Å². The number of hydrogen-bond donors (Lipinski definition) is 1. The third-order valence-electron chi connectivity index (χ3n) is 5.37. The maximum Gasteiger partial charge on any atom is 0.259 e. The maximum atomic E-state index is 13.1. The van der Waals surface area contributed by atoms with E-state index in [0.29, 0.717) is 28.2 Å². The van der Waals surface area contributed by atoms with E-state index < -0.39 is 5.91 Å². The van der Waals surface area contributed by atoms with Gasteiger partial charge in [0.05, 0.1) is 29.0 Å². The minimum atomic E-state index is -0.414. The Morgan fingerprint density at radius 2 is 1.45 bits per heavy atom. The minimum Gasteiger partial charge on any atom is -0.455 e. The van der Waals surface area contributed by atoms with E-state index in [0.717, 1.165) is 11.1 Å². The number of fused-ring (bicyclic) bond motifs is 1. The van der Waals surface area contributed by atoms with Crippen LogP contribution < -0.4 is 10.7 Å². The van der Waals surface area contributed by atoms with Gasteiger partial charge in [-0.05, 0) is 19.1 Å². The highest BCUT2D eigenvalue weighted by Crippen LogP contribution is 2.27. The number of aromatic nitrogens is 2. The number of nitrogens with zero attached hydrogens (tertiary/aromatic N) is 2. The molecule has 160 valence electrons. The Morgan fingerprint density at radius 1 is 0.818 bits per heavy atom. The molecule has 0 bridgehead atoms. The Kier molecular flexibility index (Phi) is 5.24. The first-order valence-corrected chi connectivity index (χ1v) is 10.4. The van der Waals surface area contributed by atoms with Crippen molar-refractivity contribution in [3.05, 3.63) is 113 Å². The molecule has 2 aromatic heterocycles. The molecule has 0 saturated carbocycles. The molecule has 5 aromatic rings. The Bertz CT molecular complexity index is 1510. The predicted octanol–water partition coefficient (Wildman–Crippen LogP) is 5.48. The number of para-hydroxylation sites is 1. The van der Waals surface area contributed by atoms with Crippen molar-refractivity contribution in [2.45, 2.75) is 6.92 Å². The zero-order chi connectivity index (χ0) is 22.8. The van der Waals surface area contributed by atoms with Crippen molar-refractivity contribution in [3.8, 4) is 22.7 Å². The van der Waals surface area contributed by atoms with Crippen LogP contribution in [0.1, 0.15) is 15.9 Å². The van der Waals surface area contributed by atoms with Gasteiger partial charge in [-0.25, -0.2) is 9.97 Å². The van der Waals surface area contributed by atoms with Crippen molar-refractivity contribution < 1.29 is 9.21 Å². The van der Waals surface area contributed by atoms with Crippen molar-refractivity contribution in [2.75, 3.05) is 5.32 Å². The van der Waals surface area contributed by atoms with Crippen molar-refractivity contribution in [2.24, 2.45) is 0 Å². The molecule has 0 fully saturated rings. The maximum absolute atomic E-state index is 13.1. The van der Waals surface area contributed by atoms with Gasteiger partial charge < -0.3 is 9.73 Å². The molecule has 2 heterocycles. The molecule has 0 aliphatic carbocycles. The van der Waals surface area contributed by atoms with Crippen LogP contribution in [0.3, 0.4) is 0 Å². The predicted molar refractivity (Wildman–Crippen MR) is 128 cm³/mol. The molecule has 0 aliphatic rings. The van der Waals surface area contributed by atoms with Crippen LogP contribution in [-0.2, 0) is 0 Å². The number of anilines is 1. The van der Waals surface area contributed by atoms with E-state index in [1.807, 2.05) is 60.7 Å². The van der Waals surface area contributed by atoms with Gasteiger partial charge in [0.25, 0.3) is 5.91 Å². The summed E-state index contributed by atoms with van der Waals surface area (Å²) < 4.78 is 6.13. The summed E-state index contributed by atoms with van der Waals surface area (Å²) in [7, 11) is 0. The molecule has 3 aromatic carbocycles. The Labute approximate surface area is 189 Å². The highest BCUT2D eigenvalue weighted by atomic mass is 16.3. The van der Waals surface area contributed by atoms with E-state index in [1.54, 1.807) is 37.5 Å². The standard InChI is InChI=1S/C27H19N3O3/c1-17-23(31)21-13-8-14-22(25(21)33-24(17)18-9-4-2-5-10-18)27(32)30-20-15-28-26(29-16-20)19-11-6-3-7-12-19/h2-16H,1H3,(H,30,32). The lowest BCUT2D eigenvalue weighted by Gasteiger charge is -2.11. The smallest absolute Gasteiger partial charge is 0.259 e. The zero-order valence-corrected chi connectivity index (χ0v) is 17.8. The fourth-order valence-corrected chi connectivity index (χ4v) is 3.68. The number of amides is 1. The molecule has 0 spiro atoms. The first kappa shape index (κ1) is 20.3. The van der Waals surface area contributed by atoms with Crippen LogP contribution in [0.5, 0.6) is 0 Å². The van der Waals surface area contributed by atoms with Crippen LogP contribution in [0.15, 0.2) is 100 Å². The average molecular weight is 433 g/mol. The summed E-state index contributed by atoms with van der Waals surface area (Å²) in [6, 6.07) is 23.9. The number of hydrogen-bond acceptors (Lipinski definition) is 5. The molecule has 33 heavy (non-hydrogen) atoms. The lowest BCUT2D eigenvalue weighted by Crippen LogP contribution is -2.15. The molecular weight excluding hydrogens is 414 g/mol. The van der Waals surface area contributed by atoms with Crippen LogP contribution in [-0.4, -0.2) is 15.9 Å². The van der Waals surface area contributed by atoms with Gasteiger partial charge in [0.2, 0.25) is 0 Å². The van der Waals surface area contributed by atoms with Gasteiger partial charge in [-0.2, -0.15) is 0 Å². The number of benzene rings is 3. The van der Waals surface area contributed by atoms with Gasteiger partial charge in [-0.15, -0.1) is 0 Å². The van der Waals surface area contributed by atoms with Gasteiger partial charge >= 0.3 is 0 Å². The second-order valence-corrected chi connectivity index (χ2v) is 7.55. The zero-order valence-electron chi connectivity index (χ0n) is 17.8. The summed E-state index contributed by atoms with van der Waals surface area (Å²) in [6.07, 6.45) is 3.10. The molecule has 0 aliphatic heterocycles. The molecule has 5 rings (SSSR count). The lowest BCUT2D eigenvalue weighted by molar-refractivity contribution is 0.102. The molecule has 0 atom stereocenters. The summed E-state index contributed by atoms with van der Waals surface area (Å²) in [5, 5.41) is 3.15. The molecule has 6 heteroatoms. The van der Waals surface area contributed by atoms with Crippen LogP contribution in [0.4, 0.5) is 5.69 Å². The summed E-state index contributed by atoms with van der Waals surface area (Å²) in [4.78, 5) is 34.8. The summed E-state index contributed by atoms with van der Waals surface area (Å²) in [6.45, 7) is 1.73. The van der Waals surface area contributed by atoms with E-state index in [-0.39, 0.29) is 16.6 Å². The number of carbonyl (C=O) groups is 1. The first-order valence-electron chi connectivity index (χ1n) is 10.4. The van der Waals surface area contributed by atoms with E-state index in [2.05, 4.69) is 15.3 Å². The fourth-order valence-electron chi connectivity index (χ4n) is 3.68. The molecule has 1 amide bonds. The average Bonchev–Trinajstić information content (AvgIpc) is 2.87. The molecular formula is C27H19N3O3. The van der Waals surface area contributed by atoms with Crippen molar-refractivity contribution in [3.63, 3.8) is 0 Å². The minimum absolute atomic E-state index is 0.166. The van der Waals surface area contributed by atoms with Gasteiger partial charge in [-0.1, -0.05) is 66.7 Å². The van der Waals surface area contributed by atoms with Gasteiger partial charge in [0, 0.05) is 16.7 Å². The van der Waals surface area contributed by atoms with Crippen molar-refractivity contribution in [1.29, 1.82) is 0 Å². The number of rotatable bonds is 4. The van der Waals surface area contributed by atoms with Crippen LogP contribution in [0.25, 0.3) is 33.7 Å². The monoisotopic (exact) mass is 433 g/mol. The highest BCUT2D eigenvalue weighted by Gasteiger charge is 2.18. The molecule has 6 nitrogen and oxygen atoms in total. The fraction of sp³-hybridized carbons (Fsp3) is 0.0370. The molecule has 0 saturated heterocycles. The molecule has 1 N–H and O–H groups in total. The number of nitrogens with one attached hydrogen (secondary N) is 1. The van der Waals surface area contributed by atoms with Crippen molar-refractivity contribution >= 4 is 22.6 Å². The molecule has 0 unspecified atom stereocenters. The lowest BCUT2D eigenvalue weighted by atomic mass is 10.0. The van der Waals surface area contributed by atoms with Crippen LogP contribution in [0.2, 0.25) is 0 Å². The summed E-state index contributed by atoms with van der Waals surface area (Å²) in [5.41, 5.74) is 2.93. The summed E-state index contributed by atoms with van der Waals surface area (Å²) in [5.74, 6) is 0.597. The Hall–Kier alpha value is -4.58. The second kappa shape index (κ2) is 8.51. The van der Waals surface area contributed by atoms with E-state index in [1.165, 1.54) is 0 Å². The van der Waals surface area contributed by atoms with Gasteiger partial charge in [-0.3, -0.25) is 9.59 Å². The summed E-state index contributed by atoms with van der Waals surface area (Å²) >= 11 is 0. The van der Waals surface area contributed by atoms with Gasteiger partial charge in [0.15, 0.2) is 16.8 Å². The normalized spacial score (nSPS) is 10.8. The van der Waals surface area contributed by atoms with E-state index in [9.17, 15) is 9.59 Å². The molecule has 0 radical (unpaired) electrons. The third kappa shape index (κ3) is 3.90. The number of carbonyl (C=O) groups excluding carboxylic acids is 1. The quantitative estimate of drug-likeness (QED) is 0.406. The SMILES string of the molecule is Cc1c(-c2ccccc2)oc2c(C(=O)Nc3cnc(-c4ccccc4)nc3)cccc2c1=O. The second-order valence-electron chi connectivity index (χ2n) is 7.55. The highest BCUT2D eigenvalue weighted by molar-refractivity contribution is 6.11. The topological polar surface area (TPSA) is 85.1 Å². The van der Waals surface area contributed by atoms with Crippen LogP contribution >= 0.6 is 0 Å². The van der Waals surface area contributed by atoms with E-state index >= 15 is 0 Å². The Balaban J connectivity index is 1.51. The van der Waals surface area contributed by atoms with Crippen LogP contribution in [0, 0.1) is 6.92 Å². The van der Waals surface area contributed by atoms with Crippen molar-refractivity contribution in [1.82, 2.24) is 9.97 Å². The largest absolute Gasteiger partial charge is 0.455 e. The van der Waals surface area contributed by atoms with Gasteiger partial charge in [0.1, 0.15) is 5.76 Å².